The number of nitrogens with two attached hydrogens (primary N) is 1. The standard InChI is InChI=1S/C26H35N7O3/c1-15-6-11-21-19(12-15)16(2)25(36-21)24-23(26(27)30-28-3)20(14-34)31-33(24)18-9-7-17(8-10-18)29-22(35)13-32(4)5/h6,11-12,14,17-18,28H,7-10,13H2,1-5H3,(H2,27,30)(H,29,35). The van der Waals surface area contributed by atoms with Gasteiger partial charge < -0.3 is 25.8 Å². The number of hydrogen-bond donors (Lipinski definition) is 3. The predicted molar refractivity (Wildman–Crippen MR) is 140 cm³/mol. The van der Waals surface area contributed by atoms with Gasteiger partial charge >= 0.3 is 0 Å². The van der Waals surface area contributed by atoms with Gasteiger partial charge in [-0.25, -0.2) is 0 Å². The summed E-state index contributed by atoms with van der Waals surface area (Å²) < 4.78 is 8.22. The number of amides is 1. The van der Waals surface area contributed by atoms with Crippen molar-refractivity contribution in [3.05, 3.63) is 40.6 Å². The van der Waals surface area contributed by atoms with Gasteiger partial charge in [0.15, 0.2) is 17.9 Å². The van der Waals surface area contributed by atoms with E-state index in [4.69, 9.17) is 15.2 Å². The molecule has 0 bridgehead atoms. The van der Waals surface area contributed by atoms with Crippen molar-refractivity contribution in [1.29, 1.82) is 0 Å². The first-order chi connectivity index (χ1) is 17.2. The van der Waals surface area contributed by atoms with Crippen LogP contribution in [0.1, 0.15) is 58.9 Å². The SMILES string of the molecule is CN/N=C(/N)c1c(C=O)nn(C2CCC(NC(=O)CN(C)C)CC2)c1-c1oc2ccc(C)cc2c1C. The lowest BCUT2D eigenvalue weighted by molar-refractivity contribution is -0.122. The Bertz CT molecular complexity index is 1300. The van der Waals surface area contributed by atoms with E-state index in [1.54, 1.807) is 7.05 Å². The number of aromatic nitrogens is 2. The number of nitrogens with zero attached hydrogens (tertiary/aromatic N) is 4. The molecule has 1 aromatic carbocycles. The van der Waals surface area contributed by atoms with Crippen LogP contribution in [0.5, 0.6) is 0 Å². The van der Waals surface area contributed by atoms with E-state index in [2.05, 4.69) is 21.9 Å². The zero-order valence-electron chi connectivity index (χ0n) is 21.6. The van der Waals surface area contributed by atoms with Gasteiger partial charge in [-0.05, 0) is 65.8 Å². The Balaban J connectivity index is 1.75. The number of aldehydes is 1. The summed E-state index contributed by atoms with van der Waals surface area (Å²) in [4.78, 5) is 26.2. The van der Waals surface area contributed by atoms with Crippen LogP contribution >= 0.6 is 0 Å². The van der Waals surface area contributed by atoms with Gasteiger partial charge in [0.25, 0.3) is 0 Å². The molecule has 1 saturated carbocycles. The second-order valence-corrected chi connectivity index (χ2v) is 9.76. The van der Waals surface area contributed by atoms with E-state index in [1.807, 2.05) is 49.7 Å². The number of furan rings is 1. The summed E-state index contributed by atoms with van der Waals surface area (Å²) in [5, 5.41) is 13.0. The smallest absolute Gasteiger partial charge is 0.234 e. The van der Waals surface area contributed by atoms with Crippen LogP contribution in [-0.4, -0.2) is 66.4 Å². The zero-order valence-corrected chi connectivity index (χ0v) is 21.6. The van der Waals surface area contributed by atoms with E-state index in [9.17, 15) is 9.59 Å². The number of hydrogen-bond acceptors (Lipinski definition) is 7. The summed E-state index contributed by atoms with van der Waals surface area (Å²) >= 11 is 0. The number of amidine groups is 1. The Kier molecular flexibility index (Phi) is 7.44. The minimum absolute atomic E-state index is 0.0196. The van der Waals surface area contributed by atoms with Gasteiger partial charge in [0.05, 0.1) is 18.2 Å². The molecular formula is C26H35N7O3. The lowest BCUT2D eigenvalue weighted by Crippen LogP contribution is -2.42. The van der Waals surface area contributed by atoms with Gasteiger partial charge in [0.1, 0.15) is 17.0 Å². The first-order valence-corrected chi connectivity index (χ1v) is 12.3. The number of carbonyl (C=O) groups excluding carboxylic acids is 2. The molecule has 2 aromatic heterocycles. The largest absolute Gasteiger partial charge is 0.454 e. The topological polar surface area (TPSA) is 131 Å². The van der Waals surface area contributed by atoms with E-state index in [1.165, 1.54) is 0 Å². The molecule has 1 amide bonds. The molecule has 0 saturated heterocycles. The number of benzene rings is 1. The van der Waals surface area contributed by atoms with E-state index in [0.717, 1.165) is 47.8 Å². The highest BCUT2D eigenvalue weighted by Gasteiger charge is 2.32. The van der Waals surface area contributed by atoms with Gasteiger partial charge in [0.2, 0.25) is 5.91 Å². The maximum Gasteiger partial charge on any atom is 0.234 e. The lowest BCUT2D eigenvalue weighted by atomic mass is 9.90. The van der Waals surface area contributed by atoms with Crippen molar-refractivity contribution in [2.45, 2.75) is 51.6 Å². The molecule has 0 radical (unpaired) electrons. The van der Waals surface area contributed by atoms with Crippen LogP contribution in [-0.2, 0) is 4.79 Å². The van der Waals surface area contributed by atoms with Crippen LogP contribution < -0.4 is 16.5 Å². The number of likely N-dealkylation sites (N-methyl/N-ethyl adjacent to an activating group) is 1. The monoisotopic (exact) mass is 493 g/mol. The van der Waals surface area contributed by atoms with Crippen LogP contribution in [0.25, 0.3) is 22.4 Å². The molecule has 1 aliphatic carbocycles. The maximum atomic E-state index is 12.2. The van der Waals surface area contributed by atoms with Crippen molar-refractivity contribution >= 4 is 29.0 Å². The van der Waals surface area contributed by atoms with Crippen LogP contribution in [0.15, 0.2) is 27.7 Å². The molecule has 36 heavy (non-hydrogen) atoms. The Morgan fingerprint density at radius 3 is 2.64 bits per heavy atom. The Hall–Kier alpha value is -3.66. The first-order valence-electron chi connectivity index (χ1n) is 12.3. The fraction of sp³-hybridized carbons (Fsp3) is 0.462. The molecule has 192 valence electrons. The lowest BCUT2D eigenvalue weighted by Gasteiger charge is -2.30. The molecule has 0 aliphatic heterocycles. The third-order valence-corrected chi connectivity index (χ3v) is 6.71. The van der Waals surface area contributed by atoms with Crippen LogP contribution in [0.2, 0.25) is 0 Å². The average molecular weight is 494 g/mol. The Labute approximate surface area is 210 Å². The van der Waals surface area contributed by atoms with E-state index >= 15 is 0 Å². The number of carbonyl (C=O) groups is 2. The Morgan fingerprint density at radius 2 is 2.00 bits per heavy atom. The normalized spacial score (nSPS) is 18.6. The molecule has 4 rings (SSSR count). The molecule has 1 aliphatic rings. The van der Waals surface area contributed by atoms with E-state index in [-0.39, 0.29) is 29.5 Å². The van der Waals surface area contributed by atoms with Crippen molar-refractivity contribution in [1.82, 2.24) is 25.4 Å². The Morgan fingerprint density at radius 1 is 1.28 bits per heavy atom. The van der Waals surface area contributed by atoms with Crippen LogP contribution in [0, 0.1) is 13.8 Å². The first kappa shape index (κ1) is 25.4. The highest BCUT2D eigenvalue weighted by atomic mass is 16.3. The zero-order chi connectivity index (χ0) is 26.0. The fourth-order valence-electron chi connectivity index (χ4n) is 5.03. The second kappa shape index (κ2) is 10.5. The molecular weight excluding hydrogens is 458 g/mol. The van der Waals surface area contributed by atoms with E-state index < -0.39 is 0 Å². The summed E-state index contributed by atoms with van der Waals surface area (Å²) in [6.07, 6.45) is 3.92. The number of fused-ring (bicyclic) bond motifs is 1. The van der Waals surface area contributed by atoms with Gasteiger partial charge in [-0.1, -0.05) is 11.6 Å². The molecule has 0 atom stereocenters. The molecule has 3 aromatic rings. The van der Waals surface area contributed by atoms with Gasteiger partial charge in [-0.3, -0.25) is 14.3 Å². The summed E-state index contributed by atoms with van der Waals surface area (Å²) in [6.45, 7) is 4.41. The number of nitrogens with one attached hydrogen (secondary N) is 2. The third kappa shape index (κ3) is 4.99. The van der Waals surface area contributed by atoms with Crippen molar-refractivity contribution in [2.24, 2.45) is 10.8 Å². The highest BCUT2D eigenvalue weighted by Crippen LogP contribution is 2.40. The fourth-order valence-corrected chi connectivity index (χ4v) is 5.03. The summed E-state index contributed by atoms with van der Waals surface area (Å²) in [5.74, 6) is 0.821. The average Bonchev–Trinajstić information content (AvgIpc) is 3.37. The molecule has 2 heterocycles. The molecule has 10 heteroatoms. The third-order valence-electron chi connectivity index (χ3n) is 6.71. The number of aryl methyl sites for hydroxylation is 2. The van der Waals surface area contributed by atoms with Crippen molar-refractivity contribution in [3.63, 3.8) is 0 Å². The molecule has 0 spiro atoms. The molecule has 4 N–H and O–H groups in total. The summed E-state index contributed by atoms with van der Waals surface area (Å²) in [6, 6.07) is 6.18. The van der Waals surface area contributed by atoms with Gasteiger partial charge in [0, 0.05) is 24.0 Å². The molecule has 0 unspecified atom stereocenters. The quantitative estimate of drug-likeness (QED) is 0.190. The van der Waals surface area contributed by atoms with Gasteiger partial charge in [-0.2, -0.15) is 10.2 Å². The van der Waals surface area contributed by atoms with Crippen LogP contribution in [0.3, 0.4) is 0 Å². The highest BCUT2D eigenvalue weighted by molar-refractivity contribution is 6.08. The number of rotatable bonds is 8. The molecule has 1 fully saturated rings. The second-order valence-electron chi connectivity index (χ2n) is 9.76. The molecule has 10 nitrogen and oxygen atoms in total. The number of hydrazone groups is 1. The predicted octanol–water partition coefficient (Wildman–Crippen LogP) is 2.73. The van der Waals surface area contributed by atoms with Crippen molar-refractivity contribution < 1.29 is 14.0 Å². The van der Waals surface area contributed by atoms with E-state index in [0.29, 0.717) is 29.8 Å². The maximum absolute atomic E-state index is 12.2. The minimum Gasteiger partial charge on any atom is -0.454 e. The van der Waals surface area contributed by atoms with Crippen molar-refractivity contribution in [3.8, 4) is 11.5 Å². The summed E-state index contributed by atoms with van der Waals surface area (Å²) in [7, 11) is 5.41. The van der Waals surface area contributed by atoms with Gasteiger partial charge in [-0.15, -0.1) is 0 Å². The minimum atomic E-state index is 0.0196. The summed E-state index contributed by atoms with van der Waals surface area (Å²) in [5.41, 5.74) is 13.2. The van der Waals surface area contributed by atoms with Crippen LogP contribution in [0.4, 0.5) is 0 Å². The van der Waals surface area contributed by atoms with Crippen molar-refractivity contribution in [2.75, 3.05) is 27.7 Å².